The fraction of sp³-hybridized carbons (Fsp3) is 0.240. The molecule has 1 amide bonds. The van der Waals surface area contributed by atoms with E-state index in [9.17, 15) is 13.2 Å². The Morgan fingerprint density at radius 2 is 1.55 bits per heavy atom. The lowest BCUT2D eigenvalue weighted by molar-refractivity contribution is -0.116. The molecule has 3 aromatic carbocycles. The van der Waals surface area contributed by atoms with E-state index in [0.717, 1.165) is 11.1 Å². The molecule has 0 saturated carbocycles. The normalized spacial score (nSPS) is 11.3. The van der Waals surface area contributed by atoms with Crippen LogP contribution in [-0.2, 0) is 27.8 Å². The fourth-order valence-electron chi connectivity index (χ4n) is 3.33. The highest BCUT2D eigenvalue weighted by Gasteiger charge is 2.21. The van der Waals surface area contributed by atoms with Crippen molar-refractivity contribution in [3.8, 4) is 11.5 Å². The number of amides is 1. The minimum atomic E-state index is -3.64. The summed E-state index contributed by atoms with van der Waals surface area (Å²) < 4.78 is 37.5. The van der Waals surface area contributed by atoms with Crippen LogP contribution in [0.3, 0.4) is 0 Å². The van der Waals surface area contributed by atoms with Gasteiger partial charge >= 0.3 is 0 Å². The van der Waals surface area contributed by atoms with Crippen LogP contribution < -0.4 is 14.8 Å². The molecule has 0 unspecified atom stereocenters. The Morgan fingerprint density at radius 3 is 2.18 bits per heavy atom. The second-order valence-electron chi connectivity index (χ2n) is 7.51. The third kappa shape index (κ3) is 6.34. The first-order valence-corrected chi connectivity index (χ1v) is 11.9. The number of sulfonamides is 1. The maximum absolute atomic E-state index is 12.8. The molecule has 7 nitrogen and oxygen atoms in total. The van der Waals surface area contributed by atoms with Gasteiger partial charge in [0.25, 0.3) is 0 Å². The molecule has 3 rings (SSSR count). The smallest absolute Gasteiger partial charge is 0.243 e. The number of rotatable bonds is 10. The van der Waals surface area contributed by atoms with Crippen molar-refractivity contribution in [2.75, 3.05) is 26.6 Å². The number of aryl methyl sites for hydroxylation is 1. The zero-order chi connectivity index (χ0) is 23.8. The number of nitrogens with zero attached hydrogens (tertiary/aromatic N) is 1. The summed E-state index contributed by atoms with van der Waals surface area (Å²) in [4.78, 5) is 12.5. The van der Waals surface area contributed by atoms with E-state index >= 15 is 0 Å². The van der Waals surface area contributed by atoms with Gasteiger partial charge in [0.05, 0.1) is 19.1 Å². The van der Waals surface area contributed by atoms with Crippen molar-refractivity contribution in [1.82, 2.24) is 4.31 Å². The minimum Gasteiger partial charge on any atom is -0.493 e. The highest BCUT2D eigenvalue weighted by molar-refractivity contribution is 7.89. The lowest BCUT2D eigenvalue weighted by Crippen LogP contribution is -2.26. The van der Waals surface area contributed by atoms with E-state index in [4.69, 9.17) is 9.47 Å². The summed E-state index contributed by atoms with van der Waals surface area (Å²) in [6, 6.07) is 21.1. The molecule has 0 aromatic heterocycles. The van der Waals surface area contributed by atoms with Gasteiger partial charge in [0, 0.05) is 25.7 Å². The molecule has 0 aliphatic rings. The molecule has 0 aliphatic heterocycles. The molecule has 1 N–H and O–H groups in total. The van der Waals surface area contributed by atoms with Crippen LogP contribution in [0.2, 0.25) is 0 Å². The van der Waals surface area contributed by atoms with Crippen LogP contribution in [0.15, 0.2) is 77.7 Å². The Bertz CT molecular complexity index is 1180. The number of carbonyl (C=O) groups excluding carboxylic acids is 1. The molecule has 0 fully saturated rings. The van der Waals surface area contributed by atoms with Crippen LogP contribution in [0.25, 0.3) is 0 Å². The zero-order valence-electron chi connectivity index (χ0n) is 18.9. The van der Waals surface area contributed by atoms with E-state index in [0.29, 0.717) is 23.6 Å². The van der Waals surface area contributed by atoms with E-state index in [1.54, 1.807) is 39.5 Å². The zero-order valence-corrected chi connectivity index (χ0v) is 19.8. The van der Waals surface area contributed by atoms with Gasteiger partial charge in [-0.2, -0.15) is 4.31 Å². The maximum Gasteiger partial charge on any atom is 0.243 e. The van der Waals surface area contributed by atoms with Gasteiger partial charge in [0.1, 0.15) is 0 Å². The van der Waals surface area contributed by atoms with Gasteiger partial charge in [-0.1, -0.05) is 36.4 Å². The average molecular weight is 469 g/mol. The van der Waals surface area contributed by atoms with Gasteiger partial charge in [-0.15, -0.1) is 0 Å². The van der Waals surface area contributed by atoms with E-state index < -0.39 is 10.0 Å². The Hall–Kier alpha value is -3.36. The Balaban J connectivity index is 1.58. The topological polar surface area (TPSA) is 84.9 Å². The summed E-state index contributed by atoms with van der Waals surface area (Å²) in [7, 11) is 1.04. The number of hydrogen-bond acceptors (Lipinski definition) is 5. The Morgan fingerprint density at radius 1 is 0.879 bits per heavy atom. The SMILES string of the molecule is COc1ccc(CCC(=O)Nc2ccc(S(=O)(=O)N(C)Cc3ccccc3)cc2)cc1OC. The van der Waals surface area contributed by atoms with E-state index in [1.807, 2.05) is 42.5 Å². The number of benzene rings is 3. The molecule has 174 valence electrons. The average Bonchev–Trinajstić information content (AvgIpc) is 2.83. The summed E-state index contributed by atoms with van der Waals surface area (Å²) in [6.07, 6.45) is 0.804. The van der Waals surface area contributed by atoms with Gasteiger partial charge in [0.15, 0.2) is 11.5 Å². The summed E-state index contributed by atoms with van der Waals surface area (Å²) in [6.45, 7) is 0.276. The summed E-state index contributed by atoms with van der Waals surface area (Å²) in [5.41, 5.74) is 2.39. The van der Waals surface area contributed by atoms with Crippen molar-refractivity contribution in [2.24, 2.45) is 0 Å². The molecule has 0 radical (unpaired) electrons. The van der Waals surface area contributed by atoms with Crippen LogP contribution in [0, 0.1) is 0 Å². The molecule has 0 heterocycles. The molecule has 8 heteroatoms. The lowest BCUT2D eigenvalue weighted by atomic mass is 10.1. The maximum atomic E-state index is 12.8. The molecule has 0 bridgehead atoms. The molecule has 3 aromatic rings. The minimum absolute atomic E-state index is 0.165. The predicted molar refractivity (Wildman–Crippen MR) is 128 cm³/mol. The quantitative estimate of drug-likeness (QED) is 0.484. The van der Waals surface area contributed by atoms with Gasteiger partial charge in [-0.05, 0) is 53.9 Å². The molecule has 33 heavy (non-hydrogen) atoms. The molecule has 0 spiro atoms. The highest BCUT2D eigenvalue weighted by atomic mass is 32.2. The van der Waals surface area contributed by atoms with Crippen molar-refractivity contribution in [1.29, 1.82) is 0 Å². The third-order valence-corrected chi connectivity index (χ3v) is 7.00. The van der Waals surface area contributed by atoms with Gasteiger partial charge < -0.3 is 14.8 Å². The Kier molecular flexibility index (Phi) is 8.08. The van der Waals surface area contributed by atoms with Crippen LogP contribution >= 0.6 is 0 Å². The second kappa shape index (κ2) is 11.0. The van der Waals surface area contributed by atoms with Crippen molar-refractivity contribution in [2.45, 2.75) is 24.3 Å². The first kappa shape index (κ1) is 24.3. The monoisotopic (exact) mass is 468 g/mol. The molecule has 0 aliphatic carbocycles. The van der Waals surface area contributed by atoms with Crippen molar-refractivity contribution in [3.05, 3.63) is 83.9 Å². The number of carbonyl (C=O) groups is 1. The van der Waals surface area contributed by atoms with E-state index in [1.165, 1.54) is 16.4 Å². The van der Waals surface area contributed by atoms with Crippen LogP contribution in [0.1, 0.15) is 17.5 Å². The number of methoxy groups -OCH3 is 2. The number of nitrogens with one attached hydrogen (secondary N) is 1. The second-order valence-corrected chi connectivity index (χ2v) is 9.55. The van der Waals surface area contributed by atoms with Crippen LogP contribution in [-0.4, -0.2) is 39.9 Å². The highest BCUT2D eigenvalue weighted by Crippen LogP contribution is 2.28. The summed E-state index contributed by atoms with van der Waals surface area (Å²) >= 11 is 0. The molecular weight excluding hydrogens is 440 g/mol. The number of ether oxygens (including phenoxy) is 2. The standard InChI is InChI=1S/C25H28N2O5S/c1-27(18-20-7-5-4-6-8-20)33(29,30)22-13-11-21(12-14-22)26-25(28)16-10-19-9-15-23(31-2)24(17-19)32-3/h4-9,11-15,17H,10,16,18H2,1-3H3,(H,26,28). The predicted octanol–water partition coefficient (Wildman–Crippen LogP) is 4.10. The largest absolute Gasteiger partial charge is 0.493 e. The van der Waals surface area contributed by atoms with Crippen molar-refractivity contribution >= 4 is 21.6 Å². The summed E-state index contributed by atoms with van der Waals surface area (Å²) in [5.74, 6) is 1.08. The third-order valence-electron chi connectivity index (χ3n) is 5.18. The lowest BCUT2D eigenvalue weighted by Gasteiger charge is -2.17. The first-order chi connectivity index (χ1) is 15.8. The van der Waals surface area contributed by atoms with Crippen molar-refractivity contribution < 1.29 is 22.7 Å². The van der Waals surface area contributed by atoms with Crippen molar-refractivity contribution in [3.63, 3.8) is 0 Å². The van der Waals surface area contributed by atoms with Gasteiger partial charge in [-0.3, -0.25) is 4.79 Å². The fourth-order valence-corrected chi connectivity index (χ4v) is 4.49. The molecule has 0 saturated heterocycles. The van der Waals surface area contributed by atoms with E-state index in [-0.39, 0.29) is 23.8 Å². The van der Waals surface area contributed by atoms with Gasteiger partial charge in [-0.25, -0.2) is 8.42 Å². The molecular formula is C25H28N2O5S. The number of anilines is 1. The Labute approximate surface area is 195 Å². The van der Waals surface area contributed by atoms with E-state index in [2.05, 4.69) is 5.32 Å². The molecule has 0 atom stereocenters. The van der Waals surface area contributed by atoms with Gasteiger partial charge in [0.2, 0.25) is 15.9 Å². The number of hydrogen-bond donors (Lipinski definition) is 1. The summed E-state index contributed by atoms with van der Waals surface area (Å²) in [5, 5.41) is 2.81. The first-order valence-electron chi connectivity index (χ1n) is 10.4. The van der Waals surface area contributed by atoms with Crippen LogP contribution in [0.4, 0.5) is 5.69 Å². The van der Waals surface area contributed by atoms with Crippen LogP contribution in [0.5, 0.6) is 11.5 Å².